The predicted molar refractivity (Wildman–Crippen MR) is 85.5 cm³/mol. The van der Waals surface area contributed by atoms with Gasteiger partial charge in [-0.2, -0.15) is 0 Å². The number of nitrogens with one attached hydrogen (secondary N) is 1. The van der Waals surface area contributed by atoms with E-state index in [1.54, 1.807) is 0 Å². The molecule has 1 fully saturated rings. The molecule has 2 rings (SSSR count). The third kappa shape index (κ3) is 3.71. The zero-order chi connectivity index (χ0) is 16.3. The number of carbonyl (C=O) groups is 2. The molecule has 1 aromatic rings. The zero-order valence-electron chi connectivity index (χ0n) is 13.1. The van der Waals surface area contributed by atoms with Gasteiger partial charge >= 0.3 is 6.03 Å². The number of imide groups is 1. The Labute approximate surface area is 135 Å². The molecule has 1 aliphatic heterocycles. The highest BCUT2D eigenvalue weighted by Crippen LogP contribution is 2.32. The number of halogens is 1. The summed E-state index contributed by atoms with van der Waals surface area (Å²) < 4.78 is 5.84. The van der Waals surface area contributed by atoms with Gasteiger partial charge < -0.3 is 10.1 Å². The van der Waals surface area contributed by atoms with Crippen LogP contribution in [0.3, 0.4) is 0 Å². The number of hydrogen-bond donors (Lipinski definition) is 1. The van der Waals surface area contributed by atoms with Crippen molar-refractivity contribution in [2.24, 2.45) is 0 Å². The Morgan fingerprint density at radius 2 is 2.09 bits per heavy atom. The van der Waals surface area contributed by atoms with Crippen LogP contribution in [-0.4, -0.2) is 36.5 Å². The van der Waals surface area contributed by atoms with Gasteiger partial charge in [-0.05, 0) is 42.5 Å². The van der Waals surface area contributed by atoms with Crippen molar-refractivity contribution in [3.8, 4) is 5.75 Å². The zero-order valence-corrected chi connectivity index (χ0v) is 13.9. The minimum absolute atomic E-state index is 0.0908. The van der Waals surface area contributed by atoms with Gasteiger partial charge in [0.1, 0.15) is 5.75 Å². The third-order valence-electron chi connectivity index (χ3n) is 3.63. The molecule has 1 saturated heterocycles. The second-order valence-corrected chi connectivity index (χ2v) is 6.11. The van der Waals surface area contributed by atoms with Crippen molar-refractivity contribution in [3.63, 3.8) is 0 Å². The van der Waals surface area contributed by atoms with Crippen molar-refractivity contribution in [3.05, 3.63) is 28.3 Å². The van der Waals surface area contributed by atoms with Crippen LogP contribution in [0.2, 0.25) is 5.02 Å². The maximum Gasteiger partial charge on any atom is 0.324 e. The van der Waals surface area contributed by atoms with Gasteiger partial charge in [0.15, 0.2) is 0 Å². The molecule has 0 saturated carbocycles. The van der Waals surface area contributed by atoms with Gasteiger partial charge in [0, 0.05) is 11.6 Å². The number of ether oxygens (including phenoxy) is 1. The van der Waals surface area contributed by atoms with E-state index in [2.05, 4.69) is 19.2 Å². The number of amides is 3. The van der Waals surface area contributed by atoms with Crippen molar-refractivity contribution in [1.29, 1.82) is 0 Å². The number of urea groups is 1. The largest absolute Gasteiger partial charge is 0.493 e. The molecule has 0 bridgehead atoms. The van der Waals surface area contributed by atoms with E-state index in [9.17, 15) is 9.59 Å². The minimum atomic E-state index is -0.324. The van der Waals surface area contributed by atoms with Crippen molar-refractivity contribution < 1.29 is 14.3 Å². The fourth-order valence-electron chi connectivity index (χ4n) is 2.33. The van der Waals surface area contributed by atoms with Gasteiger partial charge in [-0.1, -0.05) is 25.4 Å². The highest BCUT2D eigenvalue weighted by atomic mass is 35.5. The van der Waals surface area contributed by atoms with Crippen LogP contribution in [0, 0.1) is 6.92 Å². The smallest absolute Gasteiger partial charge is 0.324 e. The number of nitrogens with zero attached hydrogens (tertiary/aromatic N) is 1. The highest BCUT2D eigenvalue weighted by Gasteiger charge is 2.27. The molecular formula is C16H21ClN2O3. The Balaban J connectivity index is 1.93. The van der Waals surface area contributed by atoms with E-state index in [1.165, 1.54) is 4.90 Å². The number of rotatable bonds is 6. The number of benzene rings is 1. The molecular weight excluding hydrogens is 304 g/mol. The van der Waals surface area contributed by atoms with E-state index < -0.39 is 0 Å². The monoisotopic (exact) mass is 324 g/mol. The molecule has 1 aromatic carbocycles. The van der Waals surface area contributed by atoms with Crippen LogP contribution in [0.15, 0.2) is 12.1 Å². The Kier molecular flexibility index (Phi) is 5.29. The number of aryl methyl sites for hydroxylation is 1. The Hall–Kier alpha value is -1.75. The quantitative estimate of drug-likeness (QED) is 0.646. The molecule has 22 heavy (non-hydrogen) atoms. The van der Waals surface area contributed by atoms with Crippen LogP contribution in [-0.2, 0) is 4.79 Å². The van der Waals surface area contributed by atoms with Gasteiger partial charge in [-0.25, -0.2) is 4.79 Å². The molecule has 0 radical (unpaired) electrons. The summed E-state index contributed by atoms with van der Waals surface area (Å²) in [5, 5.41) is 3.23. The maximum absolute atomic E-state index is 11.5. The summed E-state index contributed by atoms with van der Waals surface area (Å²) in [6, 6.07) is 3.55. The normalized spacial score (nSPS) is 14.7. The fourth-order valence-corrected chi connectivity index (χ4v) is 2.51. The molecule has 0 aromatic heterocycles. The van der Waals surface area contributed by atoms with Crippen LogP contribution in [0.4, 0.5) is 4.79 Å². The second kappa shape index (κ2) is 7.01. The van der Waals surface area contributed by atoms with Gasteiger partial charge in [0.25, 0.3) is 0 Å². The Morgan fingerprint density at radius 3 is 2.68 bits per heavy atom. The topological polar surface area (TPSA) is 58.6 Å². The Bertz CT molecular complexity index is 571. The van der Waals surface area contributed by atoms with E-state index in [-0.39, 0.29) is 18.5 Å². The molecule has 5 nitrogen and oxygen atoms in total. The van der Waals surface area contributed by atoms with Crippen molar-refractivity contribution in [2.75, 3.05) is 19.7 Å². The van der Waals surface area contributed by atoms with Crippen molar-refractivity contribution in [2.45, 2.75) is 33.1 Å². The third-order valence-corrected chi connectivity index (χ3v) is 4.04. The molecule has 1 heterocycles. The SMILES string of the molecule is Cc1cc(OCCCN2C(=O)CNC2=O)c(C(C)C)cc1Cl. The van der Waals surface area contributed by atoms with Crippen LogP contribution in [0.5, 0.6) is 5.75 Å². The first-order chi connectivity index (χ1) is 10.4. The summed E-state index contributed by atoms with van der Waals surface area (Å²) in [6.07, 6.45) is 0.596. The standard InChI is InChI=1S/C16H21ClN2O3/c1-10(2)12-8-13(17)11(3)7-14(12)22-6-4-5-19-15(20)9-18-16(19)21/h7-8,10H,4-6,9H2,1-3H3,(H,18,21). The molecule has 120 valence electrons. The van der Waals surface area contributed by atoms with Crippen LogP contribution in [0.1, 0.15) is 37.3 Å². The Morgan fingerprint density at radius 1 is 1.36 bits per heavy atom. The first-order valence-electron chi connectivity index (χ1n) is 7.41. The lowest BCUT2D eigenvalue weighted by Gasteiger charge is -2.17. The molecule has 0 aliphatic carbocycles. The number of carbonyl (C=O) groups excluding carboxylic acids is 2. The average Bonchev–Trinajstić information content (AvgIpc) is 2.77. The maximum atomic E-state index is 11.5. The first-order valence-corrected chi connectivity index (χ1v) is 7.79. The van der Waals surface area contributed by atoms with Crippen molar-refractivity contribution in [1.82, 2.24) is 10.2 Å². The van der Waals surface area contributed by atoms with Crippen LogP contribution >= 0.6 is 11.6 Å². The van der Waals surface area contributed by atoms with E-state index in [1.807, 2.05) is 19.1 Å². The molecule has 0 spiro atoms. The molecule has 1 aliphatic rings. The summed E-state index contributed by atoms with van der Waals surface area (Å²) in [4.78, 5) is 24.1. The number of hydrogen-bond acceptors (Lipinski definition) is 3. The first kappa shape index (κ1) is 16.6. The predicted octanol–water partition coefficient (Wildman–Crippen LogP) is 3.09. The van der Waals surface area contributed by atoms with Gasteiger partial charge in [-0.15, -0.1) is 0 Å². The van der Waals surface area contributed by atoms with Crippen LogP contribution < -0.4 is 10.1 Å². The highest BCUT2D eigenvalue weighted by molar-refractivity contribution is 6.31. The van der Waals surface area contributed by atoms with Crippen LogP contribution in [0.25, 0.3) is 0 Å². The van der Waals surface area contributed by atoms with E-state index in [0.717, 1.165) is 21.9 Å². The molecule has 0 unspecified atom stereocenters. The summed E-state index contributed by atoms with van der Waals surface area (Å²) in [5.74, 6) is 0.934. The van der Waals surface area contributed by atoms with Crippen molar-refractivity contribution >= 4 is 23.5 Å². The summed E-state index contributed by atoms with van der Waals surface area (Å²) in [7, 11) is 0. The van der Waals surface area contributed by atoms with E-state index >= 15 is 0 Å². The minimum Gasteiger partial charge on any atom is -0.493 e. The van der Waals surface area contributed by atoms with Gasteiger partial charge in [0.2, 0.25) is 5.91 Å². The van der Waals surface area contributed by atoms with E-state index in [4.69, 9.17) is 16.3 Å². The van der Waals surface area contributed by atoms with Gasteiger partial charge in [-0.3, -0.25) is 9.69 Å². The fraction of sp³-hybridized carbons (Fsp3) is 0.500. The van der Waals surface area contributed by atoms with E-state index in [0.29, 0.717) is 25.5 Å². The lowest BCUT2D eigenvalue weighted by atomic mass is 10.0. The molecule has 6 heteroatoms. The van der Waals surface area contributed by atoms with Gasteiger partial charge in [0.05, 0.1) is 13.2 Å². The summed E-state index contributed by atoms with van der Waals surface area (Å²) >= 11 is 6.17. The summed E-state index contributed by atoms with van der Waals surface area (Å²) in [6.45, 7) is 7.01. The molecule has 3 amide bonds. The molecule has 1 N–H and O–H groups in total. The lowest BCUT2D eigenvalue weighted by molar-refractivity contribution is -0.125. The summed E-state index contributed by atoms with van der Waals surface area (Å²) in [5.41, 5.74) is 2.03. The average molecular weight is 325 g/mol. The second-order valence-electron chi connectivity index (χ2n) is 5.70. The lowest BCUT2D eigenvalue weighted by Crippen LogP contribution is -2.32. The molecule has 0 atom stereocenters.